The molecule has 1 amide bonds. The number of rotatable bonds is 9. The summed E-state index contributed by atoms with van der Waals surface area (Å²) in [5, 5.41) is 2.86. The van der Waals surface area contributed by atoms with E-state index in [1.165, 1.54) is 0 Å². The molecule has 0 radical (unpaired) electrons. The molecule has 4 heteroatoms. The van der Waals surface area contributed by atoms with Crippen LogP contribution in [0.25, 0.3) is 0 Å². The second-order valence-electron chi connectivity index (χ2n) is 4.56. The zero-order valence-corrected chi connectivity index (χ0v) is 12.6. The minimum absolute atomic E-state index is 0.0904. The number of aryl methyl sites for hydroxylation is 1. The van der Waals surface area contributed by atoms with Crippen molar-refractivity contribution in [1.82, 2.24) is 5.32 Å². The van der Waals surface area contributed by atoms with Crippen molar-refractivity contribution in [1.29, 1.82) is 0 Å². The van der Waals surface area contributed by atoms with Crippen LogP contribution in [0.2, 0.25) is 0 Å². The molecule has 20 heavy (non-hydrogen) atoms. The molecule has 0 heterocycles. The summed E-state index contributed by atoms with van der Waals surface area (Å²) in [5.74, 6) is 0.694. The molecule has 0 saturated heterocycles. The molecule has 1 N–H and O–H groups in total. The molecule has 0 aromatic heterocycles. The monoisotopic (exact) mass is 279 g/mol. The fraction of sp³-hybridized carbons (Fsp3) is 0.562. The standard InChI is InChI=1S/C16H25NO3/c1-4-14-9-6-7-10-15(14)20-13(3)16(18)17-11-8-12-19-5-2/h6-7,9-10,13H,4-5,8,11-12H2,1-3H3,(H,17,18). The van der Waals surface area contributed by atoms with Crippen LogP contribution in [-0.4, -0.2) is 31.8 Å². The van der Waals surface area contributed by atoms with Crippen molar-refractivity contribution >= 4 is 5.91 Å². The van der Waals surface area contributed by atoms with Crippen LogP contribution in [0.15, 0.2) is 24.3 Å². The predicted molar refractivity (Wildman–Crippen MR) is 80.0 cm³/mol. The van der Waals surface area contributed by atoms with Crippen molar-refractivity contribution in [3.05, 3.63) is 29.8 Å². The van der Waals surface area contributed by atoms with Gasteiger partial charge in [0, 0.05) is 19.8 Å². The second kappa shape index (κ2) is 9.37. The zero-order valence-electron chi connectivity index (χ0n) is 12.6. The van der Waals surface area contributed by atoms with Crippen LogP contribution in [-0.2, 0) is 16.0 Å². The van der Waals surface area contributed by atoms with Crippen molar-refractivity contribution in [2.45, 2.75) is 39.7 Å². The van der Waals surface area contributed by atoms with Gasteiger partial charge in [0.1, 0.15) is 5.75 Å². The predicted octanol–water partition coefficient (Wildman–Crippen LogP) is 2.56. The first-order chi connectivity index (χ1) is 9.69. The first-order valence-corrected chi connectivity index (χ1v) is 7.29. The van der Waals surface area contributed by atoms with Gasteiger partial charge in [0.25, 0.3) is 5.91 Å². The number of carbonyl (C=O) groups excluding carboxylic acids is 1. The zero-order chi connectivity index (χ0) is 14.8. The van der Waals surface area contributed by atoms with E-state index in [0.29, 0.717) is 19.8 Å². The maximum absolute atomic E-state index is 11.9. The van der Waals surface area contributed by atoms with Gasteiger partial charge in [-0.05, 0) is 38.3 Å². The Labute approximate surface area is 121 Å². The Balaban J connectivity index is 2.37. The van der Waals surface area contributed by atoms with Gasteiger partial charge < -0.3 is 14.8 Å². The largest absolute Gasteiger partial charge is 0.481 e. The highest BCUT2D eigenvalue weighted by Crippen LogP contribution is 2.19. The molecule has 4 nitrogen and oxygen atoms in total. The summed E-state index contributed by atoms with van der Waals surface area (Å²) >= 11 is 0. The highest BCUT2D eigenvalue weighted by molar-refractivity contribution is 5.80. The first-order valence-electron chi connectivity index (χ1n) is 7.29. The van der Waals surface area contributed by atoms with Gasteiger partial charge in [-0.2, -0.15) is 0 Å². The Hall–Kier alpha value is -1.55. The van der Waals surface area contributed by atoms with Crippen LogP contribution in [0.3, 0.4) is 0 Å². The van der Waals surface area contributed by atoms with Gasteiger partial charge in [-0.15, -0.1) is 0 Å². The van der Waals surface area contributed by atoms with E-state index in [4.69, 9.17) is 9.47 Å². The maximum atomic E-state index is 11.9. The molecule has 0 aliphatic rings. The molecule has 0 fully saturated rings. The van der Waals surface area contributed by atoms with Crippen molar-refractivity contribution < 1.29 is 14.3 Å². The number of nitrogens with one attached hydrogen (secondary N) is 1. The molecule has 1 atom stereocenters. The van der Waals surface area contributed by atoms with E-state index in [9.17, 15) is 4.79 Å². The molecule has 1 unspecified atom stereocenters. The van der Waals surface area contributed by atoms with Crippen LogP contribution in [0.4, 0.5) is 0 Å². The minimum atomic E-state index is -0.491. The third kappa shape index (κ3) is 5.61. The summed E-state index contributed by atoms with van der Waals surface area (Å²) in [6, 6.07) is 7.81. The Morgan fingerprint density at radius 3 is 2.75 bits per heavy atom. The fourth-order valence-electron chi connectivity index (χ4n) is 1.83. The minimum Gasteiger partial charge on any atom is -0.481 e. The van der Waals surface area contributed by atoms with E-state index < -0.39 is 6.10 Å². The number of hydrogen-bond donors (Lipinski definition) is 1. The average molecular weight is 279 g/mol. The SMILES string of the molecule is CCOCCCNC(=O)C(C)Oc1ccccc1CC. The van der Waals surface area contributed by atoms with Crippen molar-refractivity contribution in [3.8, 4) is 5.75 Å². The van der Waals surface area contributed by atoms with Crippen LogP contribution < -0.4 is 10.1 Å². The summed E-state index contributed by atoms with van der Waals surface area (Å²) in [6.45, 7) is 7.79. The second-order valence-corrected chi connectivity index (χ2v) is 4.56. The molecule has 0 saturated carbocycles. The number of amides is 1. The smallest absolute Gasteiger partial charge is 0.260 e. The summed E-state index contributed by atoms with van der Waals surface area (Å²) in [7, 11) is 0. The summed E-state index contributed by atoms with van der Waals surface area (Å²) < 4.78 is 11.0. The van der Waals surface area contributed by atoms with Crippen LogP contribution >= 0.6 is 0 Å². The van der Waals surface area contributed by atoms with Gasteiger partial charge in [0.15, 0.2) is 6.10 Å². The maximum Gasteiger partial charge on any atom is 0.260 e. The van der Waals surface area contributed by atoms with Crippen LogP contribution in [0, 0.1) is 0 Å². The first kappa shape index (κ1) is 16.5. The molecule has 1 aromatic rings. The Kier molecular flexibility index (Phi) is 7.73. The lowest BCUT2D eigenvalue weighted by Gasteiger charge is -2.16. The highest BCUT2D eigenvalue weighted by Gasteiger charge is 2.15. The Morgan fingerprint density at radius 2 is 2.05 bits per heavy atom. The van der Waals surface area contributed by atoms with Crippen LogP contribution in [0.1, 0.15) is 32.8 Å². The van der Waals surface area contributed by atoms with Crippen molar-refractivity contribution in [3.63, 3.8) is 0 Å². The van der Waals surface area contributed by atoms with Gasteiger partial charge in [-0.3, -0.25) is 4.79 Å². The third-order valence-corrected chi connectivity index (χ3v) is 3.00. The molecule has 0 bridgehead atoms. The van der Waals surface area contributed by atoms with E-state index in [-0.39, 0.29) is 5.91 Å². The molecule has 112 valence electrons. The molecular weight excluding hydrogens is 254 g/mol. The van der Waals surface area contributed by atoms with Crippen molar-refractivity contribution in [2.75, 3.05) is 19.8 Å². The van der Waals surface area contributed by atoms with Gasteiger partial charge in [-0.25, -0.2) is 0 Å². The fourth-order valence-corrected chi connectivity index (χ4v) is 1.83. The highest BCUT2D eigenvalue weighted by atomic mass is 16.5. The van der Waals surface area contributed by atoms with E-state index in [2.05, 4.69) is 12.2 Å². The van der Waals surface area contributed by atoms with E-state index >= 15 is 0 Å². The molecule has 0 aliphatic carbocycles. The number of benzene rings is 1. The third-order valence-electron chi connectivity index (χ3n) is 3.00. The number of para-hydroxylation sites is 1. The summed E-state index contributed by atoms with van der Waals surface area (Å²) in [4.78, 5) is 11.9. The topological polar surface area (TPSA) is 47.6 Å². The lowest BCUT2D eigenvalue weighted by atomic mass is 10.1. The molecule has 1 aromatic carbocycles. The lowest BCUT2D eigenvalue weighted by Crippen LogP contribution is -2.37. The van der Waals surface area contributed by atoms with E-state index in [1.54, 1.807) is 6.92 Å². The lowest BCUT2D eigenvalue weighted by molar-refractivity contribution is -0.127. The summed E-state index contributed by atoms with van der Waals surface area (Å²) in [6.07, 6.45) is 1.21. The molecular formula is C16H25NO3. The van der Waals surface area contributed by atoms with Gasteiger partial charge in [-0.1, -0.05) is 25.1 Å². The number of ether oxygens (including phenoxy) is 2. The van der Waals surface area contributed by atoms with Crippen molar-refractivity contribution in [2.24, 2.45) is 0 Å². The quantitative estimate of drug-likeness (QED) is 0.707. The number of hydrogen-bond acceptors (Lipinski definition) is 3. The van der Waals surface area contributed by atoms with E-state index in [1.807, 2.05) is 31.2 Å². The Bertz CT molecular complexity index is 406. The molecule has 1 rings (SSSR count). The van der Waals surface area contributed by atoms with E-state index in [0.717, 1.165) is 24.2 Å². The molecule has 0 spiro atoms. The Morgan fingerprint density at radius 1 is 1.30 bits per heavy atom. The molecule has 0 aliphatic heterocycles. The summed E-state index contributed by atoms with van der Waals surface area (Å²) in [5.41, 5.74) is 1.11. The normalized spacial score (nSPS) is 11.9. The average Bonchev–Trinajstić information content (AvgIpc) is 2.47. The number of carbonyl (C=O) groups is 1. The van der Waals surface area contributed by atoms with Gasteiger partial charge in [0.2, 0.25) is 0 Å². The van der Waals surface area contributed by atoms with Crippen LogP contribution in [0.5, 0.6) is 5.75 Å². The van der Waals surface area contributed by atoms with Gasteiger partial charge in [0.05, 0.1) is 0 Å². The van der Waals surface area contributed by atoms with Gasteiger partial charge >= 0.3 is 0 Å².